The first-order valence-corrected chi connectivity index (χ1v) is 5.76. The van der Waals surface area contributed by atoms with Crippen LogP contribution < -0.4 is 16.2 Å². The Morgan fingerprint density at radius 3 is 2.25 bits per heavy atom. The summed E-state index contributed by atoms with van der Waals surface area (Å²) in [4.78, 5) is 11.1. The van der Waals surface area contributed by atoms with Gasteiger partial charge in [0.15, 0.2) is 0 Å². The van der Waals surface area contributed by atoms with E-state index < -0.39 is 0 Å². The zero-order valence-electron chi connectivity index (χ0n) is 10.5. The average Bonchev–Trinajstić information content (AvgIpc) is 2.32. The molecule has 0 radical (unpaired) electrons. The van der Waals surface area contributed by atoms with E-state index in [1.54, 1.807) is 0 Å². The van der Waals surface area contributed by atoms with Crippen molar-refractivity contribution >= 4 is 11.8 Å². The second-order valence-electron chi connectivity index (χ2n) is 3.61. The first kappa shape index (κ1) is 12.7. The summed E-state index contributed by atoms with van der Waals surface area (Å²) in [7, 11) is 0. The van der Waals surface area contributed by atoms with Crippen molar-refractivity contribution < 1.29 is 0 Å². The minimum atomic E-state index is 0.716. The molecule has 0 fully saturated rings. The fraction of sp³-hybridized carbons (Fsp3) is 0.636. The molecular weight excluding hydrogens is 202 g/mol. The molecule has 1 rings (SSSR count). The highest BCUT2D eigenvalue weighted by Gasteiger charge is 2.12. The predicted octanol–water partition coefficient (Wildman–Crippen LogP) is 1.48. The summed E-state index contributed by atoms with van der Waals surface area (Å²) in [5.41, 5.74) is 4.71. The lowest BCUT2D eigenvalue weighted by Crippen LogP contribution is -2.26. The number of aromatic nitrogens is 2. The number of nitrogens with two attached hydrogens (primary N) is 1. The van der Waals surface area contributed by atoms with Gasteiger partial charge in [0.05, 0.1) is 5.69 Å². The Balaban J connectivity index is 3.20. The Bertz CT molecular complexity index is 321. The maximum atomic E-state index is 5.47. The zero-order chi connectivity index (χ0) is 12.1. The van der Waals surface area contributed by atoms with Crippen LogP contribution in [-0.2, 0) is 6.42 Å². The lowest BCUT2D eigenvalue weighted by molar-refractivity contribution is 0.806. The standard InChI is InChI=1S/C11H21N5/c1-5-9-8(4)10(15-12)14-11(13-9)16(6-2)7-3/h5-7,12H2,1-4H3,(H,13,14,15). The molecule has 0 bridgehead atoms. The second kappa shape index (κ2) is 5.65. The number of rotatable bonds is 5. The first-order valence-electron chi connectivity index (χ1n) is 5.76. The molecule has 0 aliphatic carbocycles. The molecule has 0 aliphatic rings. The highest BCUT2D eigenvalue weighted by Crippen LogP contribution is 2.19. The highest BCUT2D eigenvalue weighted by atomic mass is 15.3. The van der Waals surface area contributed by atoms with E-state index >= 15 is 0 Å². The van der Waals surface area contributed by atoms with E-state index in [2.05, 4.69) is 41.1 Å². The van der Waals surface area contributed by atoms with E-state index in [1.807, 2.05) is 6.92 Å². The van der Waals surface area contributed by atoms with Gasteiger partial charge >= 0.3 is 0 Å². The van der Waals surface area contributed by atoms with Crippen LogP contribution in [0.4, 0.5) is 11.8 Å². The summed E-state index contributed by atoms with van der Waals surface area (Å²) in [5, 5.41) is 0. The van der Waals surface area contributed by atoms with E-state index in [1.165, 1.54) is 0 Å². The number of nitrogens with zero attached hydrogens (tertiary/aromatic N) is 3. The second-order valence-corrected chi connectivity index (χ2v) is 3.61. The summed E-state index contributed by atoms with van der Waals surface area (Å²) < 4.78 is 0. The Labute approximate surface area is 97.0 Å². The van der Waals surface area contributed by atoms with Crippen LogP contribution in [0.5, 0.6) is 0 Å². The number of hydrogen-bond acceptors (Lipinski definition) is 5. The van der Waals surface area contributed by atoms with E-state index in [9.17, 15) is 0 Å². The molecule has 90 valence electrons. The molecule has 3 N–H and O–H groups in total. The summed E-state index contributed by atoms with van der Waals surface area (Å²) >= 11 is 0. The largest absolute Gasteiger partial charge is 0.341 e. The van der Waals surface area contributed by atoms with Gasteiger partial charge in [-0.05, 0) is 27.2 Å². The molecule has 16 heavy (non-hydrogen) atoms. The van der Waals surface area contributed by atoms with Crippen LogP contribution in [-0.4, -0.2) is 23.1 Å². The van der Waals surface area contributed by atoms with Gasteiger partial charge in [0.25, 0.3) is 0 Å². The SMILES string of the molecule is CCc1nc(N(CC)CC)nc(NN)c1C. The third-order valence-corrected chi connectivity index (χ3v) is 2.75. The fourth-order valence-electron chi connectivity index (χ4n) is 1.68. The monoisotopic (exact) mass is 223 g/mol. The number of anilines is 2. The van der Waals surface area contributed by atoms with Gasteiger partial charge in [-0.25, -0.2) is 10.8 Å². The van der Waals surface area contributed by atoms with E-state index in [-0.39, 0.29) is 0 Å². The molecule has 0 amide bonds. The van der Waals surface area contributed by atoms with Gasteiger partial charge in [-0.1, -0.05) is 6.92 Å². The van der Waals surface area contributed by atoms with Gasteiger partial charge in [0.2, 0.25) is 5.95 Å². The van der Waals surface area contributed by atoms with Gasteiger partial charge in [0.1, 0.15) is 5.82 Å². The maximum Gasteiger partial charge on any atom is 0.227 e. The van der Waals surface area contributed by atoms with Gasteiger partial charge < -0.3 is 10.3 Å². The van der Waals surface area contributed by atoms with Gasteiger partial charge in [0, 0.05) is 18.7 Å². The molecule has 5 heteroatoms. The molecule has 0 unspecified atom stereocenters. The maximum absolute atomic E-state index is 5.47. The molecule has 0 saturated heterocycles. The number of hydrazine groups is 1. The van der Waals surface area contributed by atoms with Gasteiger partial charge in [-0.15, -0.1) is 0 Å². The molecule has 0 spiro atoms. The van der Waals surface area contributed by atoms with Crippen LogP contribution in [0.15, 0.2) is 0 Å². The Hall–Kier alpha value is -1.36. The number of nitrogen functional groups attached to an aromatic ring is 1. The normalized spacial score (nSPS) is 10.3. The predicted molar refractivity (Wildman–Crippen MR) is 67.5 cm³/mol. The van der Waals surface area contributed by atoms with E-state index in [4.69, 9.17) is 5.84 Å². The fourth-order valence-corrected chi connectivity index (χ4v) is 1.68. The van der Waals surface area contributed by atoms with Crippen LogP contribution in [0.1, 0.15) is 32.0 Å². The van der Waals surface area contributed by atoms with Crippen molar-refractivity contribution in [3.05, 3.63) is 11.3 Å². The van der Waals surface area contributed by atoms with Crippen LogP contribution in [0, 0.1) is 6.92 Å². The van der Waals surface area contributed by atoms with Crippen molar-refractivity contribution in [2.75, 3.05) is 23.4 Å². The zero-order valence-corrected chi connectivity index (χ0v) is 10.5. The number of hydrogen-bond donors (Lipinski definition) is 2. The number of nitrogens with one attached hydrogen (secondary N) is 1. The minimum absolute atomic E-state index is 0.716. The lowest BCUT2D eigenvalue weighted by atomic mass is 10.2. The quantitative estimate of drug-likeness (QED) is 0.584. The number of aryl methyl sites for hydroxylation is 1. The molecule has 5 nitrogen and oxygen atoms in total. The lowest BCUT2D eigenvalue weighted by Gasteiger charge is -2.20. The van der Waals surface area contributed by atoms with Gasteiger partial charge in [-0.2, -0.15) is 4.98 Å². The molecule has 0 aromatic carbocycles. The van der Waals surface area contributed by atoms with Crippen molar-refractivity contribution in [2.45, 2.75) is 34.1 Å². The molecule has 0 saturated carbocycles. The molecule has 0 aliphatic heterocycles. The Morgan fingerprint density at radius 2 is 1.81 bits per heavy atom. The van der Waals surface area contributed by atoms with Crippen LogP contribution in [0.25, 0.3) is 0 Å². The smallest absolute Gasteiger partial charge is 0.227 e. The minimum Gasteiger partial charge on any atom is -0.341 e. The molecular formula is C11H21N5. The Kier molecular flexibility index (Phi) is 4.49. The molecule has 1 aromatic rings. The van der Waals surface area contributed by atoms with E-state index in [0.29, 0.717) is 5.82 Å². The van der Waals surface area contributed by atoms with Crippen molar-refractivity contribution in [3.8, 4) is 0 Å². The van der Waals surface area contributed by atoms with Crippen LogP contribution in [0.3, 0.4) is 0 Å². The average molecular weight is 223 g/mol. The summed E-state index contributed by atoms with van der Waals surface area (Å²) in [6, 6.07) is 0. The van der Waals surface area contributed by atoms with Crippen molar-refractivity contribution in [1.82, 2.24) is 9.97 Å². The summed E-state index contributed by atoms with van der Waals surface area (Å²) in [6.07, 6.45) is 0.886. The van der Waals surface area contributed by atoms with Crippen molar-refractivity contribution in [3.63, 3.8) is 0 Å². The van der Waals surface area contributed by atoms with E-state index in [0.717, 1.165) is 36.7 Å². The Morgan fingerprint density at radius 1 is 1.19 bits per heavy atom. The summed E-state index contributed by atoms with van der Waals surface area (Å²) in [5.74, 6) is 6.93. The van der Waals surface area contributed by atoms with Crippen LogP contribution >= 0.6 is 0 Å². The molecule has 1 heterocycles. The molecule has 1 aromatic heterocycles. The third kappa shape index (κ3) is 2.41. The molecule has 0 atom stereocenters. The van der Waals surface area contributed by atoms with Crippen LogP contribution in [0.2, 0.25) is 0 Å². The third-order valence-electron chi connectivity index (χ3n) is 2.75. The van der Waals surface area contributed by atoms with Gasteiger partial charge in [-0.3, -0.25) is 0 Å². The topological polar surface area (TPSA) is 67.1 Å². The first-order chi connectivity index (χ1) is 7.67. The van der Waals surface area contributed by atoms with Crippen molar-refractivity contribution in [1.29, 1.82) is 0 Å². The summed E-state index contributed by atoms with van der Waals surface area (Å²) in [6.45, 7) is 10.0. The van der Waals surface area contributed by atoms with Crippen molar-refractivity contribution in [2.24, 2.45) is 5.84 Å². The highest BCUT2D eigenvalue weighted by molar-refractivity contribution is 5.49.